The number of methoxy groups -OCH3 is 1. The molecular weight excluding hydrogens is 256 g/mol. The first-order valence-electron chi connectivity index (χ1n) is 5.91. The summed E-state index contributed by atoms with van der Waals surface area (Å²) in [6.07, 6.45) is 0. The van der Waals surface area contributed by atoms with Crippen LogP contribution in [0.25, 0.3) is 11.1 Å². The number of rotatable bonds is 3. The van der Waals surface area contributed by atoms with Crippen LogP contribution in [0, 0.1) is 0 Å². The zero-order valence-corrected chi connectivity index (χ0v) is 10.9. The lowest BCUT2D eigenvalue weighted by molar-refractivity contribution is 0.0600. The first kappa shape index (κ1) is 13.6. The Balaban J connectivity index is 2.68. The van der Waals surface area contributed by atoms with Gasteiger partial charge in [0.05, 0.1) is 12.7 Å². The highest BCUT2D eigenvalue weighted by Gasteiger charge is 2.15. The number of anilines is 1. The second-order valence-electron chi connectivity index (χ2n) is 4.20. The molecule has 0 radical (unpaired) electrons. The molecule has 5 nitrogen and oxygen atoms in total. The third-order valence-corrected chi connectivity index (χ3v) is 2.96. The molecule has 2 rings (SSSR count). The van der Waals surface area contributed by atoms with Gasteiger partial charge in [-0.15, -0.1) is 0 Å². The van der Waals surface area contributed by atoms with Gasteiger partial charge in [-0.3, -0.25) is 4.79 Å². The normalized spacial score (nSPS) is 10.1. The smallest absolute Gasteiger partial charge is 0.337 e. The van der Waals surface area contributed by atoms with Crippen LogP contribution >= 0.6 is 0 Å². The molecule has 0 aliphatic rings. The maximum Gasteiger partial charge on any atom is 0.337 e. The lowest BCUT2D eigenvalue weighted by Gasteiger charge is -2.11. The van der Waals surface area contributed by atoms with Crippen LogP contribution in [0.1, 0.15) is 20.7 Å². The van der Waals surface area contributed by atoms with E-state index in [1.54, 1.807) is 30.3 Å². The van der Waals surface area contributed by atoms with Crippen molar-refractivity contribution in [3.05, 3.63) is 53.6 Å². The summed E-state index contributed by atoms with van der Waals surface area (Å²) in [6.45, 7) is 0. The standard InChI is InChI=1S/C15H14N2O3/c1-20-15(19)9-6-7-11(14(17)18)12(8-9)10-4-2-3-5-13(10)16/h2-8H,16H2,1H3,(H2,17,18). The van der Waals surface area contributed by atoms with Crippen molar-refractivity contribution in [1.82, 2.24) is 0 Å². The monoisotopic (exact) mass is 270 g/mol. The van der Waals surface area contributed by atoms with E-state index in [1.807, 2.05) is 0 Å². The van der Waals surface area contributed by atoms with Crippen molar-refractivity contribution in [1.29, 1.82) is 0 Å². The van der Waals surface area contributed by atoms with E-state index in [9.17, 15) is 9.59 Å². The second kappa shape index (κ2) is 5.44. The second-order valence-corrected chi connectivity index (χ2v) is 4.20. The highest BCUT2D eigenvalue weighted by atomic mass is 16.5. The number of para-hydroxylation sites is 1. The highest BCUT2D eigenvalue weighted by molar-refractivity contribution is 6.03. The van der Waals surface area contributed by atoms with Gasteiger partial charge in [-0.2, -0.15) is 0 Å². The molecule has 2 aromatic carbocycles. The first-order chi connectivity index (χ1) is 9.54. The maximum atomic E-state index is 11.6. The Morgan fingerprint density at radius 2 is 1.75 bits per heavy atom. The van der Waals surface area contributed by atoms with E-state index >= 15 is 0 Å². The van der Waals surface area contributed by atoms with E-state index in [2.05, 4.69) is 4.74 Å². The van der Waals surface area contributed by atoms with Crippen molar-refractivity contribution in [2.24, 2.45) is 5.73 Å². The van der Waals surface area contributed by atoms with Gasteiger partial charge in [0.2, 0.25) is 5.91 Å². The van der Waals surface area contributed by atoms with Crippen molar-refractivity contribution in [3.8, 4) is 11.1 Å². The molecule has 1 amide bonds. The van der Waals surface area contributed by atoms with Crippen molar-refractivity contribution >= 4 is 17.6 Å². The molecular formula is C15H14N2O3. The van der Waals surface area contributed by atoms with Gasteiger partial charge in [-0.1, -0.05) is 18.2 Å². The minimum absolute atomic E-state index is 0.301. The molecule has 0 saturated heterocycles. The minimum Gasteiger partial charge on any atom is -0.465 e. The fourth-order valence-corrected chi connectivity index (χ4v) is 1.97. The predicted octanol–water partition coefficient (Wildman–Crippen LogP) is 1.82. The molecule has 0 aliphatic carbocycles. The van der Waals surface area contributed by atoms with Crippen molar-refractivity contribution in [3.63, 3.8) is 0 Å². The van der Waals surface area contributed by atoms with Gasteiger partial charge in [-0.25, -0.2) is 4.79 Å². The van der Waals surface area contributed by atoms with E-state index < -0.39 is 11.9 Å². The number of esters is 1. The van der Waals surface area contributed by atoms with Crippen LogP contribution in [0.5, 0.6) is 0 Å². The van der Waals surface area contributed by atoms with Crippen LogP contribution in [0.2, 0.25) is 0 Å². The lowest BCUT2D eigenvalue weighted by atomic mass is 9.95. The fraction of sp³-hybridized carbons (Fsp3) is 0.0667. The molecule has 0 aromatic heterocycles. The molecule has 0 atom stereocenters. The summed E-state index contributed by atoms with van der Waals surface area (Å²) in [5.74, 6) is -1.07. The number of primary amides is 1. The highest BCUT2D eigenvalue weighted by Crippen LogP contribution is 2.29. The molecule has 0 fully saturated rings. The maximum absolute atomic E-state index is 11.6. The number of nitrogens with two attached hydrogens (primary N) is 2. The zero-order chi connectivity index (χ0) is 14.7. The summed E-state index contributed by atoms with van der Waals surface area (Å²) >= 11 is 0. The van der Waals surface area contributed by atoms with Gasteiger partial charge in [0.15, 0.2) is 0 Å². The summed E-state index contributed by atoms with van der Waals surface area (Å²) in [5.41, 5.74) is 13.6. The average molecular weight is 270 g/mol. The van der Waals surface area contributed by atoms with Crippen LogP contribution in [-0.4, -0.2) is 19.0 Å². The van der Waals surface area contributed by atoms with E-state index in [1.165, 1.54) is 19.2 Å². The lowest BCUT2D eigenvalue weighted by Crippen LogP contribution is -2.13. The van der Waals surface area contributed by atoms with E-state index in [4.69, 9.17) is 11.5 Å². The van der Waals surface area contributed by atoms with Gasteiger partial charge < -0.3 is 16.2 Å². The number of carbonyl (C=O) groups is 2. The first-order valence-corrected chi connectivity index (χ1v) is 5.91. The molecule has 0 spiro atoms. The molecule has 0 aliphatic heterocycles. The molecule has 0 unspecified atom stereocenters. The van der Waals surface area contributed by atoms with E-state index in [0.717, 1.165) is 0 Å². The van der Waals surface area contributed by atoms with Gasteiger partial charge in [0, 0.05) is 16.8 Å². The number of amides is 1. The molecule has 0 saturated carbocycles. The molecule has 0 bridgehead atoms. The number of ether oxygens (including phenoxy) is 1. The topological polar surface area (TPSA) is 95.4 Å². The summed E-state index contributed by atoms with van der Waals surface area (Å²) in [4.78, 5) is 23.1. The Morgan fingerprint density at radius 1 is 1.05 bits per heavy atom. The number of benzene rings is 2. The van der Waals surface area contributed by atoms with Crippen LogP contribution in [0.3, 0.4) is 0 Å². The van der Waals surface area contributed by atoms with Crippen LogP contribution in [-0.2, 0) is 4.74 Å². The Labute approximate surface area is 116 Å². The Morgan fingerprint density at radius 3 is 2.35 bits per heavy atom. The largest absolute Gasteiger partial charge is 0.465 e. The zero-order valence-electron chi connectivity index (χ0n) is 10.9. The molecule has 4 N–H and O–H groups in total. The number of hydrogen-bond donors (Lipinski definition) is 2. The molecule has 102 valence electrons. The number of hydrogen-bond acceptors (Lipinski definition) is 4. The van der Waals surface area contributed by atoms with Gasteiger partial charge >= 0.3 is 5.97 Å². The minimum atomic E-state index is -0.584. The van der Waals surface area contributed by atoms with E-state index in [0.29, 0.717) is 27.9 Å². The Bertz CT molecular complexity index is 681. The quantitative estimate of drug-likeness (QED) is 0.657. The van der Waals surface area contributed by atoms with E-state index in [-0.39, 0.29) is 0 Å². The summed E-state index contributed by atoms with van der Waals surface area (Å²) in [5, 5.41) is 0. The Kier molecular flexibility index (Phi) is 3.70. The number of nitrogen functional groups attached to an aromatic ring is 1. The SMILES string of the molecule is COC(=O)c1ccc(C(N)=O)c(-c2ccccc2N)c1. The molecule has 20 heavy (non-hydrogen) atoms. The van der Waals surface area contributed by atoms with Gasteiger partial charge in [0.25, 0.3) is 0 Å². The molecule has 0 heterocycles. The fourth-order valence-electron chi connectivity index (χ4n) is 1.97. The van der Waals surface area contributed by atoms with Crippen LogP contribution < -0.4 is 11.5 Å². The van der Waals surface area contributed by atoms with Crippen molar-refractivity contribution in [2.75, 3.05) is 12.8 Å². The summed E-state index contributed by atoms with van der Waals surface area (Å²) < 4.78 is 4.67. The molecule has 2 aromatic rings. The van der Waals surface area contributed by atoms with Crippen molar-refractivity contribution < 1.29 is 14.3 Å². The third-order valence-electron chi connectivity index (χ3n) is 2.96. The summed E-state index contributed by atoms with van der Waals surface area (Å²) in [6, 6.07) is 11.6. The van der Waals surface area contributed by atoms with Crippen molar-refractivity contribution in [2.45, 2.75) is 0 Å². The summed E-state index contributed by atoms with van der Waals surface area (Å²) in [7, 11) is 1.29. The van der Waals surface area contributed by atoms with Crippen LogP contribution in [0.15, 0.2) is 42.5 Å². The van der Waals surface area contributed by atoms with Crippen LogP contribution in [0.4, 0.5) is 5.69 Å². The average Bonchev–Trinajstić information content (AvgIpc) is 2.46. The molecule has 5 heteroatoms. The van der Waals surface area contributed by atoms with Gasteiger partial charge in [0.1, 0.15) is 0 Å². The predicted molar refractivity (Wildman–Crippen MR) is 76.1 cm³/mol. The third kappa shape index (κ3) is 2.47. The van der Waals surface area contributed by atoms with Gasteiger partial charge in [-0.05, 0) is 29.8 Å². The number of carbonyl (C=O) groups excluding carboxylic acids is 2. The Hall–Kier alpha value is -2.82.